The zero-order valence-electron chi connectivity index (χ0n) is 11.6. The van der Waals surface area contributed by atoms with Crippen LogP contribution in [0.1, 0.15) is 33.6 Å². The summed E-state index contributed by atoms with van der Waals surface area (Å²) in [6.07, 6.45) is 1.54. The van der Waals surface area contributed by atoms with E-state index in [1.807, 2.05) is 0 Å². The van der Waals surface area contributed by atoms with E-state index in [4.69, 9.17) is 9.47 Å². The van der Waals surface area contributed by atoms with Crippen molar-refractivity contribution in [2.24, 2.45) is 0 Å². The van der Waals surface area contributed by atoms with Gasteiger partial charge in [-0.25, -0.2) is 4.79 Å². The molecule has 112 valence electrons. The molecule has 0 bridgehead atoms. The van der Waals surface area contributed by atoms with Gasteiger partial charge in [0.25, 0.3) is 5.91 Å². The molecule has 1 amide bonds. The Balaban J connectivity index is 1.83. The van der Waals surface area contributed by atoms with Crippen molar-refractivity contribution >= 4 is 11.9 Å². The van der Waals surface area contributed by atoms with Gasteiger partial charge >= 0.3 is 5.97 Å². The molecule has 0 saturated carbocycles. The van der Waals surface area contributed by atoms with Crippen molar-refractivity contribution in [2.75, 3.05) is 26.3 Å². The predicted molar refractivity (Wildman–Crippen MR) is 73.2 cm³/mol. The highest BCUT2D eigenvalue weighted by Gasteiger charge is 2.42. The zero-order valence-corrected chi connectivity index (χ0v) is 11.6. The first-order valence-corrected chi connectivity index (χ1v) is 7.01. The van der Waals surface area contributed by atoms with Crippen molar-refractivity contribution < 1.29 is 24.2 Å². The maximum atomic E-state index is 12.6. The molecule has 21 heavy (non-hydrogen) atoms. The van der Waals surface area contributed by atoms with Gasteiger partial charge in [0, 0.05) is 13.0 Å². The lowest BCUT2D eigenvalue weighted by atomic mass is 10.0. The van der Waals surface area contributed by atoms with Crippen LogP contribution in [0.3, 0.4) is 0 Å². The summed E-state index contributed by atoms with van der Waals surface area (Å²) in [6.45, 7) is 2.00. The number of piperidine rings is 1. The summed E-state index contributed by atoms with van der Waals surface area (Å²) in [5.74, 6) is -2.09. The van der Waals surface area contributed by atoms with Gasteiger partial charge in [0.05, 0.1) is 30.9 Å². The van der Waals surface area contributed by atoms with E-state index in [1.54, 1.807) is 23.1 Å². The third kappa shape index (κ3) is 2.64. The zero-order chi connectivity index (χ0) is 14.9. The predicted octanol–water partition coefficient (Wildman–Crippen LogP) is 1.36. The highest BCUT2D eigenvalue weighted by molar-refractivity contribution is 6.04. The Kier molecular flexibility index (Phi) is 3.65. The van der Waals surface area contributed by atoms with Crippen LogP contribution >= 0.6 is 0 Å². The van der Waals surface area contributed by atoms with Crippen molar-refractivity contribution in [1.29, 1.82) is 0 Å². The molecule has 2 heterocycles. The van der Waals surface area contributed by atoms with E-state index in [9.17, 15) is 14.7 Å². The van der Waals surface area contributed by atoms with E-state index in [0.29, 0.717) is 26.3 Å². The lowest BCUT2D eigenvalue weighted by molar-refractivity contribution is -0.183. The van der Waals surface area contributed by atoms with E-state index in [2.05, 4.69) is 0 Å². The number of nitrogens with zero attached hydrogens (tertiary/aromatic N) is 1. The number of ether oxygens (including phenoxy) is 2. The van der Waals surface area contributed by atoms with Crippen LogP contribution < -0.4 is 0 Å². The lowest BCUT2D eigenvalue weighted by Gasteiger charge is -2.38. The van der Waals surface area contributed by atoms with Gasteiger partial charge in [-0.15, -0.1) is 0 Å². The molecular weight excluding hydrogens is 274 g/mol. The number of amides is 1. The number of hydrogen-bond donors (Lipinski definition) is 1. The summed E-state index contributed by atoms with van der Waals surface area (Å²) in [6, 6.07) is 6.27. The number of hydrogen-bond acceptors (Lipinski definition) is 4. The molecule has 6 nitrogen and oxygen atoms in total. The van der Waals surface area contributed by atoms with E-state index in [0.717, 1.165) is 12.8 Å². The van der Waals surface area contributed by atoms with Crippen LogP contribution in [-0.2, 0) is 9.47 Å². The molecule has 6 heteroatoms. The molecule has 1 aromatic carbocycles. The first-order chi connectivity index (χ1) is 10.1. The number of rotatable bonds is 2. The third-order valence-electron chi connectivity index (χ3n) is 3.91. The number of carboxylic acids is 1. The molecule has 1 aromatic rings. The van der Waals surface area contributed by atoms with Crippen molar-refractivity contribution in [3.05, 3.63) is 35.4 Å². The smallest absolute Gasteiger partial charge is 0.336 e. The summed E-state index contributed by atoms with van der Waals surface area (Å²) in [7, 11) is 0. The quantitative estimate of drug-likeness (QED) is 0.890. The molecule has 0 aromatic heterocycles. The Bertz CT molecular complexity index is 565. The van der Waals surface area contributed by atoms with Gasteiger partial charge in [0.2, 0.25) is 0 Å². The fourth-order valence-electron chi connectivity index (χ4n) is 2.92. The SMILES string of the molecule is O=C(O)c1ccccc1C(=O)N1CCCC2(C1)OCCO2. The molecule has 2 aliphatic heterocycles. The highest BCUT2D eigenvalue weighted by atomic mass is 16.7. The van der Waals surface area contributed by atoms with Gasteiger partial charge < -0.3 is 19.5 Å². The average molecular weight is 291 g/mol. The van der Waals surface area contributed by atoms with E-state index >= 15 is 0 Å². The minimum absolute atomic E-state index is 0.0235. The van der Waals surface area contributed by atoms with Gasteiger partial charge in [-0.3, -0.25) is 4.79 Å². The van der Waals surface area contributed by atoms with Crippen molar-refractivity contribution in [3.63, 3.8) is 0 Å². The highest BCUT2D eigenvalue weighted by Crippen LogP contribution is 2.31. The van der Waals surface area contributed by atoms with Crippen molar-refractivity contribution in [1.82, 2.24) is 4.90 Å². The topological polar surface area (TPSA) is 76.1 Å². The summed E-state index contributed by atoms with van der Waals surface area (Å²) < 4.78 is 11.3. The molecule has 2 fully saturated rings. The second-order valence-electron chi connectivity index (χ2n) is 5.29. The molecule has 2 saturated heterocycles. The molecule has 0 aliphatic carbocycles. The number of carboxylic acid groups (broad SMARTS) is 1. The Labute approximate surface area is 122 Å². The standard InChI is InChI=1S/C15H17NO5/c17-13(11-4-1-2-5-12(11)14(18)19)16-7-3-6-15(10-16)20-8-9-21-15/h1-2,4-5H,3,6-10H2,(H,18,19). The molecule has 1 spiro atoms. The fraction of sp³-hybridized carbons (Fsp3) is 0.467. The first-order valence-electron chi connectivity index (χ1n) is 7.01. The van der Waals surface area contributed by atoms with Crippen LogP contribution in [0.25, 0.3) is 0 Å². The number of likely N-dealkylation sites (tertiary alicyclic amines) is 1. The Hall–Kier alpha value is -1.92. The number of benzene rings is 1. The fourth-order valence-corrected chi connectivity index (χ4v) is 2.92. The minimum Gasteiger partial charge on any atom is -0.478 e. The number of carbonyl (C=O) groups excluding carboxylic acids is 1. The molecule has 3 rings (SSSR count). The third-order valence-corrected chi connectivity index (χ3v) is 3.91. The van der Waals surface area contributed by atoms with Crippen LogP contribution in [0.15, 0.2) is 24.3 Å². The van der Waals surface area contributed by atoms with Gasteiger partial charge in [-0.1, -0.05) is 12.1 Å². The Morgan fingerprint density at radius 3 is 2.48 bits per heavy atom. The summed E-state index contributed by atoms with van der Waals surface area (Å²) >= 11 is 0. The lowest BCUT2D eigenvalue weighted by Crippen LogP contribution is -2.51. The Morgan fingerprint density at radius 2 is 1.81 bits per heavy atom. The van der Waals surface area contributed by atoms with Gasteiger partial charge in [0.1, 0.15) is 0 Å². The molecular formula is C15H17NO5. The normalized spacial score (nSPS) is 20.7. The molecule has 1 N–H and O–H groups in total. The van der Waals surface area contributed by atoms with E-state index in [1.165, 1.54) is 6.07 Å². The second kappa shape index (κ2) is 5.46. The van der Waals surface area contributed by atoms with Crippen LogP contribution in [0.4, 0.5) is 0 Å². The van der Waals surface area contributed by atoms with Crippen molar-refractivity contribution in [2.45, 2.75) is 18.6 Å². The average Bonchev–Trinajstić information content (AvgIpc) is 2.94. The van der Waals surface area contributed by atoms with E-state index < -0.39 is 11.8 Å². The first kappa shape index (κ1) is 14.0. The Morgan fingerprint density at radius 1 is 1.14 bits per heavy atom. The van der Waals surface area contributed by atoms with Crippen LogP contribution in [-0.4, -0.2) is 54.0 Å². The number of aromatic carboxylic acids is 1. The van der Waals surface area contributed by atoms with E-state index in [-0.39, 0.29) is 17.0 Å². The second-order valence-corrected chi connectivity index (χ2v) is 5.29. The maximum Gasteiger partial charge on any atom is 0.336 e. The van der Waals surface area contributed by atoms with Gasteiger partial charge in [0.15, 0.2) is 5.79 Å². The maximum absolute atomic E-state index is 12.6. The molecule has 0 unspecified atom stereocenters. The monoisotopic (exact) mass is 291 g/mol. The van der Waals surface area contributed by atoms with Gasteiger partial charge in [-0.2, -0.15) is 0 Å². The molecule has 2 aliphatic rings. The van der Waals surface area contributed by atoms with Crippen LogP contribution in [0.2, 0.25) is 0 Å². The number of carbonyl (C=O) groups is 2. The van der Waals surface area contributed by atoms with Crippen LogP contribution in [0.5, 0.6) is 0 Å². The molecule has 0 radical (unpaired) electrons. The van der Waals surface area contributed by atoms with Crippen LogP contribution in [0, 0.1) is 0 Å². The summed E-state index contributed by atoms with van der Waals surface area (Å²) in [4.78, 5) is 25.5. The van der Waals surface area contributed by atoms with Crippen molar-refractivity contribution in [3.8, 4) is 0 Å². The largest absolute Gasteiger partial charge is 0.478 e. The summed E-state index contributed by atoms with van der Waals surface area (Å²) in [5, 5.41) is 9.20. The van der Waals surface area contributed by atoms with Gasteiger partial charge in [-0.05, 0) is 18.6 Å². The minimum atomic E-state index is -1.10. The molecule has 0 atom stereocenters. The summed E-state index contributed by atoms with van der Waals surface area (Å²) in [5.41, 5.74) is 0.232.